The molecule has 0 spiro atoms. The molecule has 1 unspecified atom stereocenters. The minimum absolute atomic E-state index is 0.193. The monoisotopic (exact) mass is 342 g/mol. The molecule has 1 aromatic heterocycles. The van der Waals surface area contributed by atoms with Crippen molar-refractivity contribution < 1.29 is 14.3 Å². The van der Waals surface area contributed by atoms with E-state index < -0.39 is 12.0 Å². The molecular weight excluding hydrogens is 324 g/mol. The Morgan fingerprint density at radius 3 is 2.83 bits per heavy atom. The Morgan fingerprint density at radius 2 is 2.08 bits per heavy atom. The highest BCUT2D eigenvalue weighted by atomic mass is 32.1. The highest BCUT2D eigenvalue weighted by molar-refractivity contribution is 7.20. The van der Waals surface area contributed by atoms with Crippen molar-refractivity contribution in [2.45, 2.75) is 31.8 Å². The Labute approximate surface area is 143 Å². The zero-order chi connectivity index (χ0) is 16.7. The number of primary amides is 1. The van der Waals surface area contributed by atoms with Crippen LogP contribution in [0.15, 0.2) is 24.3 Å². The first kappa shape index (κ1) is 15.4. The van der Waals surface area contributed by atoms with Gasteiger partial charge >= 0.3 is 0 Å². The van der Waals surface area contributed by atoms with Crippen molar-refractivity contribution in [3.8, 4) is 10.4 Å². The van der Waals surface area contributed by atoms with Crippen molar-refractivity contribution in [2.24, 2.45) is 5.73 Å². The van der Waals surface area contributed by atoms with E-state index >= 15 is 0 Å². The van der Waals surface area contributed by atoms with Crippen LogP contribution in [-0.4, -0.2) is 24.5 Å². The fraction of sp³-hybridized carbons (Fsp3) is 0.333. The predicted molar refractivity (Wildman–Crippen MR) is 93.3 cm³/mol. The zero-order valence-electron chi connectivity index (χ0n) is 13.1. The normalized spacial score (nSPS) is 18.8. The second-order valence-corrected chi connectivity index (χ2v) is 7.15. The number of rotatable bonds is 3. The number of fused-ring (bicyclic) bond motifs is 3. The maximum Gasteiger partial charge on any atom is 0.254 e. The van der Waals surface area contributed by atoms with Gasteiger partial charge in [-0.2, -0.15) is 0 Å². The Bertz CT molecular complexity index is 822. The summed E-state index contributed by atoms with van der Waals surface area (Å²) in [4.78, 5) is 25.4. The van der Waals surface area contributed by atoms with Gasteiger partial charge in [0.2, 0.25) is 0 Å². The number of carbonyl (C=O) groups is 2. The van der Waals surface area contributed by atoms with Gasteiger partial charge in [0.05, 0.1) is 5.56 Å². The lowest BCUT2D eigenvalue weighted by Crippen LogP contribution is -2.27. The molecule has 0 saturated carbocycles. The van der Waals surface area contributed by atoms with Gasteiger partial charge in [0.1, 0.15) is 11.1 Å². The van der Waals surface area contributed by atoms with E-state index in [9.17, 15) is 9.59 Å². The molecule has 1 aromatic carbocycles. The van der Waals surface area contributed by atoms with Crippen molar-refractivity contribution in [1.29, 1.82) is 0 Å². The van der Waals surface area contributed by atoms with E-state index in [4.69, 9.17) is 10.5 Å². The van der Waals surface area contributed by atoms with Gasteiger partial charge in [-0.05, 0) is 42.4 Å². The highest BCUT2D eigenvalue weighted by Crippen LogP contribution is 2.45. The molecular formula is C18H18N2O3S. The zero-order valence-corrected chi connectivity index (χ0v) is 13.9. The van der Waals surface area contributed by atoms with Crippen LogP contribution < -0.4 is 11.1 Å². The molecule has 5 nitrogen and oxygen atoms in total. The molecule has 4 rings (SSSR count). The fourth-order valence-corrected chi connectivity index (χ4v) is 4.78. The summed E-state index contributed by atoms with van der Waals surface area (Å²) >= 11 is 1.43. The molecule has 2 aliphatic rings. The van der Waals surface area contributed by atoms with E-state index in [1.165, 1.54) is 16.9 Å². The van der Waals surface area contributed by atoms with Crippen LogP contribution in [0.5, 0.6) is 0 Å². The first-order chi connectivity index (χ1) is 11.6. The summed E-state index contributed by atoms with van der Waals surface area (Å²) < 4.78 is 5.42. The maximum absolute atomic E-state index is 12.4. The molecule has 0 radical (unpaired) electrons. The second-order valence-electron chi connectivity index (χ2n) is 6.13. The third-order valence-electron chi connectivity index (χ3n) is 4.62. The Kier molecular flexibility index (Phi) is 3.86. The van der Waals surface area contributed by atoms with E-state index in [1.807, 2.05) is 12.1 Å². The van der Waals surface area contributed by atoms with E-state index in [2.05, 4.69) is 17.4 Å². The van der Waals surface area contributed by atoms with Crippen LogP contribution in [0.1, 0.15) is 34.3 Å². The van der Waals surface area contributed by atoms with E-state index in [0.717, 1.165) is 35.3 Å². The summed E-state index contributed by atoms with van der Waals surface area (Å²) in [7, 11) is 0. The van der Waals surface area contributed by atoms with Crippen LogP contribution in [0.3, 0.4) is 0 Å². The van der Waals surface area contributed by atoms with Gasteiger partial charge in [0, 0.05) is 11.5 Å². The van der Waals surface area contributed by atoms with Crippen molar-refractivity contribution in [3.05, 3.63) is 41.0 Å². The molecule has 24 heavy (non-hydrogen) atoms. The van der Waals surface area contributed by atoms with E-state index in [0.29, 0.717) is 23.6 Å². The third kappa shape index (κ3) is 2.52. The number of carbonyl (C=O) groups excluding carboxylic acids is 2. The molecule has 2 amide bonds. The van der Waals surface area contributed by atoms with Crippen LogP contribution in [0.4, 0.5) is 5.00 Å². The van der Waals surface area contributed by atoms with E-state index in [1.54, 1.807) is 0 Å². The summed E-state index contributed by atoms with van der Waals surface area (Å²) in [5, 5.41) is 3.42. The number of benzene rings is 1. The van der Waals surface area contributed by atoms with Crippen molar-refractivity contribution in [3.63, 3.8) is 0 Å². The number of hydrogen-bond acceptors (Lipinski definition) is 4. The van der Waals surface area contributed by atoms with Crippen LogP contribution in [-0.2, 0) is 22.4 Å². The molecule has 2 aromatic rings. The maximum atomic E-state index is 12.4. The number of hydrogen-bond donors (Lipinski definition) is 2. The number of nitrogens with one attached hydrogen (secondary N) is 1. The molecule has 1 aliphatic heterocycles. The number of amides is 2. The molecule has 2 heterocycles. The van der Waals surface area contributed by atoms with Gasteiger partial charge in [-0.15, -0.1) is 11.3 Å². The van der Waals surface area contributed by atoms with Gasteiger partial charge in [-0.3, -0.25) is 9.59 Å². The number of aryl methyl sites for hydroxylation is 1. The lowest BCUT2D eigenvalue weighted by atomic mass is 9.89. The van der Waals surface area contributed by atoms with Crippen molar-refractivity contribution in [2.75, 3.05) is 11.9 Å². The standard InChI is InChI=1S/C18H18N2O3S/c19-16(21)14-12-8-7-10-4-1-2-5-11(10)15(12)24-18(14)20-17(22)13-6-3-9-23-13/h1-2,4-5,13H,3,6-9H2,(H2,19,21)(H,20,22). The first-order valence-electron chi connectivity index (χ1n) is 8.11. The minimum Gasteiger partial charge on any atom is -0.368 e. The summed E-state index contributed by atoms with van der Waals surface area (Å²) in [6.45, 7) is 0.606. The lowest BCUT2D eigenvalue weighted by molar-refractivity contribution is -0.124. The van der Waals surface area contributed by atoms with Gasteiger partial charge in [-0.25, -0.2) is 0 Å². The molecule has 1 atom stereocenters. The molecule has 0 bridgehead atoms. The van der Waals surface area contributed by atoms with Crippen LogP contribution >= 0.6 is 11.3 Å². The van der Waals surface area contributed by atoms with Crippen molar-refractivity contribution >= 4 is 28.2 Å². The van der Waals surface area contributed by atoms with Crippen LogP contribution in [0.2, 0.25) is 0 Å². The summed E-state index contributed by atoms with van der Waals surface area (Å²) in [5.74, 6) is -0.684. The SMILES string of the molecule is NC(=O)c1c(NC(=O)C2CCCO2)sc2c1CCc1ccccc1-2. The summed E-state index contributed by atoms with van der Waals surface area (Å²) in [5.41, 5.74) is 9.42. The molecule has 3 N–H and O–H groups in total. The highest BCUT2D eigenvalue weighted by Gasteiger charge is 2.30. The third-order valence-corrected chi connectivity index (χ3v) is 5.80. The van der Waals surface area contributed by atoms with Gasteiger partial charge in [0.25, 0.3) is 11.8 Å². The average Bonchev–Trinajstić information content (AvgIpc) is 3.22. The average molecular weight is 342 g/mol. The smallest absolute Gasteiger partial charge is 0.254 e. The van der Waals surface area contributed by atoms with Gasteiger partial charge in [0.15, 0.2) is 0 Å². The van der Waals surface area contributed by atoms with Gasteiger partial charge < -0.3 is 15.8 Å². The Hall–Kier alpha value is -2.18. The molecule has 124 valence electrons. The Balaban J connectivity index is 1.74. The predicted octanol–water partition coefficient (Wildman–Crippen LogP) is 2.73. The number of anilines is 1. The topological polar surface area (TPSA) is 81.4 Å². The molecule has 1 saturated heterocycles. The molecule has 1 aliphatic carbocycles. The largest absolute Gasteiger partial charge is 0.368 e. The number of ether oxygens (including phenoxy) is 1. The molecule has 1 fully saturated rings. The minimum atomic E-state index is -0.491. The molecule has 6 heteroatoms. The van der Waals surface area contributed by atoms with Crippen LogP contribution in [0, 0.1) is 0 Å². The number of thiophene rings is 1. The lowest BCUT2D eigenvalue weighted by Gasteiger charge is -2.16. The number of nitrogens with two attached hydrogens (primary N) is 1. The van der Waals surface area contributed by atoms with E-state index in [-0.39, 0.29) is 5.91 Å². The van der Waals surface area contributed by atoms with Crippen LogP contribution in [0.25, 0.3) is 10.4 Å². The first-order valence-corrected chi connectivity index (χ1v) is 8.93. The fourth-order valence-electron chi connectivity index (χ4n) is 3.47. The summed E-state index contributed by atoms with van der Waals surface area (Å²) in [6.07, 6.45) is 2.80. The van der Waals surface area contributed by atoms with Gasteiger partial charge in [-0.1, -0.05) is 24.3 Å². The Morgan fingerprint density at radius 1 is 1.25 bits per heavy atom. The van der Waals surface area contributed by atoms with Crippen molar-refractivity contribution in [1.82, 2.24) is 0 Å². The summed E-state index contributed by atoms with van der Waals surface area (Å²) in [6, 6.07) is 8.17. The second kappa shape index (κ2) is 6.03. The quantitative estimate of drug-likeness (QED) is 0.900.